The molecule has 0 spiro atoms. The molecule has 3 rings (SSSR count). The zero-order valence-corrected chi connectivity index (χ0v) is 12.1. The Bertz CT molecular complexity index is 583. The first-order chi connectivity index (χ1) is 9.77. The SMILES string of the molecule is Cc1cccc(C)c1-c1nccnc1N1CCNCC1. The van der Waals surface area contributed by atoms with Crippen molar-refractivity contribution < 1.29 is 0 Å². The molecular formula is C16H20N4. The number of rotatable bonds is 2. The van der Waals surface area contributed by atoms with E-state index in [9.17, 15) is 0 Å². The van der Waals surface area contributed by atoms with Crippen molar-refractivity contribution in [2.45, 2.75) is 13.8 Å². The Morgan fingerprint density at radius 2 is 1.65 bits per heavy atom. The van der Waals surface area contributed by atoms with Crippen LogP contribution in [0.2, 0.25) is 0 Å². The maximum Gasteiger partial charge on any atom is 0.155 e. The molecule has 4 heteroatoms. The molecule has 0 saturated carbocycles. The molecule has 1 N–H and O–H groups in total. The Kier molecular flexibility index (Phi) is 3.65. The van der Waals surface area contributed by atoms with Gasteiger partial charge in [0.1, 0.15) is 5.69 Å². The third kappa shape index (κ3) is 2.39. The molecule has 20 heavy (non-hydrogen) atoms. The lowest BCUT2D eigenvalue weighted by molar-refractivity contribution is 0.585. The summed E-state index contributed by atoms with van der Waals surface area (Å²) in [6.07, 6.45) is 3.57. The standard InChI is InChI=1S/C16H20N4/c1-12-4-3-5-13(2)14(12)15-16(19-7-6-18-15)20-10-8-17-9-11-20/h3-7,17H,8-11H2,1-2H3. The van der Waals surface area contributed by atoms with E-state index in [1.165, 1.54) is 16.7 Å². The smallest absolute Gasteiger partial charge is 0.155 e. The average Bonchev–Trinajstić information content (AvgIpc) is 2.48. The number of nitrogens with one attached hydrogen (secondary N) is 1. The summed E-state index contributed by atoms with van der Waals surface area (Å²) in [6, 6.07) is 6.37. The van der Waals surface area contributed by atoms with Gasteiger partial charge in [0.2, 0.25) is 0 Å². The second kappa shape index (κ2) is 5.59. The third-order valence-electron chi connectivity index (χ3n) is 3.81. The van der Waals surface area contributed by atoms with E-state index in [2.05, 4.69) is 52.2 Å². The maximum atomic E-state index is 4.62. The summed E-state index contributed by atoms with van der Waals surface area (Å²) in [4.78, 5) is 11.5. The van der Waals surface area contributed by atoms with Gasteiger partial charge in [-0.15, -0.1) is 0 Å². The van der Waals surface area contributed by atoms with Crippen LogP contribution in [-0.2, 0) is 0 Å². The van der Waals surface area contributed by atoms with Gasteiger partial charge in [-0.25, -0.2) is 4.98 Å². The maximum absolute atomic E-state index is 4.62. The number of benzene rings is 1. The third-order valence-corrected chi connectivity index (χ3v) is 3.81. The fraction of sp³-hybridized carbons (Fsp3) is 0.375. The van der Waals surface area contributed by atoms with Crippen LogP contribution in [0.15, 0.2) is 30.6 Å². The van der Waals surface area contributed by atoms with Gasteiger partial charge in [-0.2, -0.15) is 0 Å². The first kappa shape index (κ1) is 13.1. The lowest BCUT2D eigenvalue weighted by Crippen LogP contribution is -2.44. The summed E-state index contributed by atoms with van der Waals surface area (Å²) in [5.41, 5.74) is 4.72. The minimum Gasteiger partial charge on any atom is -0.352 e. The summed E-state index contributed by atoms with van der Waals surface area (Å²) >= 11 is 0. The Labute approximate surface area is 119 Å². The zero-order valence-electron chi connectivity index (χ0n) is 12.1. The molecule has 2 aromatic rings. The molecule has 1 aromatic carbocycles. The van der Waals surface area contributed by atoms with E-state index in [0.717, 1.165) is 37.7 Å². The number of aryl methyl sites for hydroxylation is 2. The predicted molar refractivity (Wildman–Crippen MR) is 82.0 cm³/mol. The first-order valence-corrected chi connectivity index (χ1v) is 7.10. The fourth-order valence-corrected chi connectivity index (χ4v) is 2.80. The molecule has 1 aliphatic heterocycles. The van der Waals surface area contributed by atoms with E-state index in [1.54, 1.807) is 12.4 Å². The monoisotopic (exact) mass is 268 g/mol. The van der Waals surface area contributed by atoms with Gasteiger partial charge in [0, 0.05) is 44.1 Å². The van der Waals surface area contributed by atoms with Crippen LogP contribution in [0.25, 0.3) is 11.3 Å². The van der Waals surface area contributed by atoms with Gasteiger partial charge >= 0.3 is 0 Å². The molecular weight excluding hydrogens is 248 g/mol. The molecule has 1 fully saturated rings. The minimum atomic E-state index is 0.983. The second-order valence-electron chi connectivity index (χ2n) is 5.23. The molecule has 0 amide bonds. The molecule has 2 heterocycles. The highest BCUT2D eigenvalue weighted by Gasteiger charge is 2.19. The molecule has 0 unspecified atom stereocenters. The first-order valence-electron chi connectivity index (χ1n) is 7.10. The van der Waals surface area contributed by atoms with Gasteiger partial charge in [-0.05, 0) is 25.0 Å². The average molecular weight is 268 g/mol. The number of anilines is 1. The highest BCUT2D eigenvalue weighted by molar-refractivity contribution is 5.77. The summed E-state index contributed by atoms with van der Waals surface area (Å²) in [6.45, 7) is 8.25. The summed E-state index contributed by atoms with van der Waals surface area (Å²) in [7, 11) is 0. The fourth-order valence-electron chi connectivity index (χ4n) is 2.80. The number of piperazine rings is 1. The number of hydrogen-bond acceptors (Lipinski definition) is 4. The van der Waals surface area contributed by atoms with E-state index in [0.29, 0.717) is 0 Å². The lowest BCUT2D eigenvalue weighted by atomic mass is 9.99. The molecule has 0 bridgehead atoms. The van der Waals surface area contributed by atoms with Crippen molar-refractivity contribution in [2.75, 3.05) is 31.1 Å². The van der Waals surface area contributed by atoms with Crippen molar-refractivity contribution in [1.29, 1.82) is 0 Å². The quantitative estimate of drug-likeness (QED) is 0.906. The largest absolute Gasteiger partial charge is 0.352 e. The van der Waals surface area contributed by atoms with Gasteiger partial charge < -0.3 is 10.2 Å². The van der Waals surface area contributed by atoms with E-state index >= 15 is 0 Å². The lowest BCUT2D eigenvalue weighted by Gasteiger charge is -2.29. The Morgan fingerprint density at radius 1 is 1.00 bits per heavy atom. The molecule has 104 valence electrons. The molecule has 4 nitrogen and oxygen atoms in total. The van der Waals surface area contributed by atoms with E-state index < -0.39 is 0 Å². The molecule has 1 aromatic heterocycles. The molecule has 1 saturated heterocycles. The summed E-state index contributed by atoms with van der Waals surface area (Å²) in [5, 5.41) is 3.38. The number of hydrogen-bond donors (Lipinski definition) is 1. The Morgan fingerprint density at radius 3 is 2.35 bits per heavy atom. The van der Waals surface area contributed by atoms with Crippen molar-refractivity contribution in [1.82, 2.24) is 15.3 Å². The normalized spacial score (nSPS) is 15.4. The number of aromatic nitrogens is 2. The van der Waals surface area contributed by atoms with Crippen LogP contribution in [0.4, 0.5) is 5.82 Å². The van der Waals surface area contributed by atoms with Crippen LogP contribution < -0.4 is 10.2 Å². The molecule has 0 atom stereocenters. The zero-order chi connectivity index (χ0) is 13.9. The highest BCUT2D eigenvalue weighted by Crippen LogP contribution is 2.31. The topological polar surface area (TPSA) is 41.1 Å². The van der Waals surface area contributed by atoms with Crippen molar-refractivity contribution in [3.63, 3.8) is 0 Å². The van der Waals surface area contributed by atoms with E-state index in [1.807, 2.05) is 0 Å². The second-order valence-corrected chi connectivity index (χ2v) is 5.23. The van der Waals surface area contributed by atoms with Crippen LogP contribution >= 0.6 is 0 Å². The van der Waals surface area contributed by atoms with Crippen LogP contribution in [0.3, 0.4) is 0 Å². The molecule has 0 radical (unpaired) electrons. The highest BCUT2D eigenvalue weighted by atomic mass is 15.2. The van der Waals surface area contributed by atoms with E-state index in [4.69, 9.17) is 0 Å². The van der Waals surface area contributed by atoms with Gasteiger partial charge in [-0.3, -0.25) is 4.98 Å². The minimum absolute atomic E-state index is 0.983. The molecule has 0 aliphatic carbocycles. The molecule has 1 aliphatic rings. The van der Waals surface area contributed by atoms with E-state index in [-0.39, 0.29) is 0 Å². The summed E-state index contributed by atoms with van der Waals surface area (Å²) < 4.78 is 0. The number of nitrogens with zero attached hydrogens (tertiary/aromatic N) is 3. The van der Waals surface area contributed by atoms with Crippen molar-refractivity contribution >= 4 is 5.82 Å². The van der Waals surface area contributed by atoms with Crippen molar-refractivity contribution in [3.05, 3.63) is 41.7 Å². The van der Waals surface area contributed by atoms with Gasteiger partial charge in [0.15, 0.2) is 5.82 Å². The Balaban J connectivity index is 2.10. The van der Waals surface area contributed by atoms with Crippen molar-refractivity contribution in [2.24, 2.45) is 0 Å². The van der Waals surface area contributed by atoms with Gasteiger partial charge in [-0.1, -0.05) is 18.2 Å². The Hall–Kier alpha value is -1.94. The van der Waals surface area contributed by atoms with Crippen LogP contribution in [0, 0.1) is 13.8 Å². The van der Waals surface area contributed by atoms with Gasteiger partial charge in [0.25, 0.3) is 0 Å². The van der Waals surface area contributed by atoms with Crippen LogP contribution in [0.5, 0.6) is 0 Å². The van der Waals surface area contributed by atoms with Gasteiger partial charge in [0.05, 0.1) is 0 Å². The summed E-state index contributed by atoms with van der Waals surface area (Å²) in [5.74, 6) is 1.01. The van der Waals surface area contributed by atoms with Crippen molar-refractivity contribution in [3.8, 4) is 11.3 Å². The van der Waals surface area contributed by atoms with Crippen LogP contribution in [0.1, 0.15) is 11.1 Å². The predicted octanol–water partition coefficient (Wildman–Crippen LogP) is 2.17. The van der Waals surface area contributed by atoms with Crippen LogP contribution in [-0.4, -0.2) is 36.1 Å².